The van der Waals surface area contributed by atoms with Crippen molar-refractivity contribution in [2.45, 2.75) is 64.0 Å². The van der Waals surface area contributed by atoms with Gasteiger partial charge in [0.1, 0.15) is 5.75 Å². The number of carbonyl (C=O) groups excluding carboxylic acids is 1. The van der Waals surface area contributed by atoms with Gasteiger partial charge in [-0.2, -0.15) is 0 Å². The molecule has 5 heteroatoms. The summed E-state index contributed by atoms with van der Waals surface area (Å²) in [7, 11) is 0. The number of pyridine rings is 1. The maximum atomic E-state index is 11.2. The average molecular weight is 380 g/mol. The fourth-order valence-corrected chi connectivity index (χ4v) is 4.83. The van der Waals surface area contributed by atoms with Crippen LogP contribution in [0.5, 0.6) is 11.6 Å². The first-order valence-electron chi connectivity index (χ1n) is 10.5. The smallest absolute Gasteiger partial charge is 0.250 e. The van der Waals surface area contributed by atoms with Crippen LogP contribution in [-0.2, 0) is 6.42 Å². The van der Waals surface area contributed by atoms with Crippen molar-refractivity contribution >= 4 is 5.91 Å². The molecule has 0 bridgehead atoms. The van der Waals surface area contributed by atoms with E-state index in [0.717, 1.165) is 24.8 Å². The van der Waals surface area contributed by atoms with Gasteiger partial charge in [0, 0.05) is 24.3 Å². The molecule has 5 nitrogen and oxygen atoms in total. The molecular formula is C23H29N3O2. The lowest BCUT2D eigenvalue weighted by atomic mass is 9.92. The lowest BCUT2D eigenvalue weighted by molar-refractivity contribution is 0.1000. The summed E-state index contributed by atoms with van der Waals surface area (Å²) in [6.45, 7) is 3.41. The standard InChI is InChI=1S/C23H29N3O2/c1-2-26(18-6-4-3-5-7-18)21-12-8-16-14-19(10-11-20(16)21)28-22-13-9-17(15-25-22)23(24)27/h9-11,13-15,18,21H,2-8,12H2,1H3,(H2,24,27). The SMILES string of the molecule is CCN(C1CCCCC1)C1CCc2cc(Oc3ccc(C(N)=O)cn3)ccc21. The fourth-order valence-electron chi connectivity index (χ4n) is 4.83. The zero-order valence-electron chi connectivity index (χ0n) is 16.6. The van der Waals surface area contributed by atoms with E-state index in [1.54, 1.807) is 12.1 Å². The van der Waals surface area contributed by atoms with Crippen molar-refractivity contribution in [3.05, 3.63) is 53.2 Å². The normalized spacial score (nSPS) is 19.6. The highest BCUT2D eigenvalue weighted by molar-refractivity contribution is 5.92. The number of primary amides is 1. The summed E-state index contributed by atoms with van der Waals surface area (Å²) in [6, 6.07) is 11.0. The number of nitrogens with two attached hydrogens (primary N) is 1. The summed E-state index contributed by atoms with van der Waals surface area (Å²) in [5, 5.41) is 0. The summed E-state index contributed by atoms with van der Waals surface area (Å²) in [6.07, 6.45) is 10.5. The molecular weight excluding hydrogens is 350 g/mol. The van der Waals surface area contributed by atoms with Gasteiger partial charge in [0.25, 0.3) is 0 Å². The van der Waals surface area contributed by atoms with Gasteiger partial charge < -0.3 is 10.5 Å². The highest BCUT2D eigenvalue weighted by Crippen LogP contribution is 2.40. The van der Waals surface area contributed by atoms with E-state index in [0.29, 0.717) is 17.5 Å². The highest BCUT2D eigenvalue weighted by atomic mass is 16.5. The van der Waals surface area contributed by atoms with Crippen molar-refractivity contribution in [2.24, 2.45) is 5.73 Å². The number of aromatic nitrogens is 1. The van der Waals surface area contributed by atoms with Crippen LogP contribution in [0.25, 0.3) is 0 Å². The van der Waals surface area contributed by atoms with Crippen LogP contribution in [0.4, 0.5) is 0 Å². The number of hydrogen-bond donors (Lipinski definition) is 1. The van der Waals surface area contributed by atoms with Crippen LogP contribution < -0.4 is 10.5 Å². The van der Waals surface area contributed by atoms with Crippen molar-refractivity contribution in [1.82, 2.24) is 9.88 Å². The molecule has 0 saturated heterocycles. The van der Waals surface area contributed by atoms with E-state index in [2.05, 4.69) is 28.9 Å². The van der Waals surface area contributed by atoms with Gasteiger partial charge in [-0.15, -0.1) is 0 Å². The molecule has 4 rings (SSSR count). The van der Waals surface area contributed by atoms with E-state index < -0.39 is 5.91 Å². The van der Waals surface area contributed by atoms with Crippen molar-refractivity contribution in [3.63, 3.8) is 0 Å². The van der Waals surface area contributed by atoms with Gasteiger partial charge in [-0.1, -0.05) is 32.3 Å². The molecule has 1 aromatic heterocycles. The van der Waals surface area contributed by atoms with E-state index in [-0.39, 0.29) is 0 Å². The average Bonchev–Trinajstić information content (AvgIpc) is 3.13. The number of carbonyl (C=O) groups is 1. The third-order valence-electron chi connectivity index (χ3n) is 6.21. The lowest BCUT2D eigenvalue weighted by Crippen LogP contribution is -2.38. The molecule has 1 fully saturated rings. The minimum absolute atomic E-state index is 0.381. The molecule has 0 radical (unpaired) electrons. The predicted molar refractivity (Wildman–Crippen MR) is 110 cm³/mol. The second-order valence-corrected chi connectivity index (χ2v) is 7.89. The number of ether oxygens (including phenoxy) is 1. The number of nitrogens with zero attached hydrogens (tertiary/aromatic N) is 2. The van der Waals surface area contributed by atoms with Crippen molar-refractivity contribution in [2.75, 3.05) is 6.54 Å². The Bertz CT molecular complexity index is 828. The molecule has 1 heterocycles. The van der Waals surface area contributed by atoms with Crippen LogP contribution in [0, 0.1) is 0 Å². The zero-order chi connectivity index (χ0) is 19.5. The minimum atomic E-state index is -0.485. The molecule has 1 atom stereocenters. The number of hydrogen-bond acceptors (Lipinski definition) is 4. The molecule has 1 unspecified atom stereocenters. The van der Waals surface area contributed by atoms with E-state index in [4.69, 9.17) is 10.5 Å². The summed E-state index contributed by atoms with van der Waals surface area (Å²) >= 11 is 0. The van der Waals surface area contributed by atoms with Crippen LogP contribution in [0.15, 0.2) is 36.5 Å². The first kappa shape index (κ1) is 18.9. The van der Waals surface area contributed by atoms with Crippen LogP contribution in [0.1, 0.15) is 73.0 Å². The van der Waals surface area contributed by atoms with Crippen LogP contribution in [0.2, 0.25) is 0 Å². The van der Waals surface area contributed by atoms with Crippen molar-refractivity contribution < 1.29 is 9.53 Å². The van der Waals surface area contributed by atoms with Crippen molar-refractivity contribution in [3.8, 4) is 11.6 Å². The molecule has 0 spiro atoms. The van der Waals surface area contributed by atoms with Gasteiger partial charge in [0.2, 0.25) is 11.8 Å². The maximum absolute atomic E-state index is 11.2. The zero-order valence-corrected chi connectivity index (χ0v) is 16.6. The number of benzene rings is 1. The van der Waals surface area contributed by atoms with Gasteiger partial charge in [0.15, 0.2) is 0 Å². The Morgan fingerprint density at radius 2 is 2.00 bits per heavy atom. The molecule has 1 aromatic carbocycles. The fraction of sp³-hybridized carbons (Fsp3) is 0.478. The number of fused-ring (bicyclic) bond motifs is 1. The molecule has 2 aliphatic rings. The molecule has 0 aliphatic heterocycles. The molecule has 148 valence electrons. The van der Waals surface area contributed by atoms with Gasteiger partial charge in [-0.25, -0.2) is 4.98 Å². The van der Waals surface area contributed by atoms with Gasteiger partial charge in [-0.05, 0) is 61.6 Å². The molecule has 1 saturated carbocycles. The quantitative estimate of drug-likeness (QED) is 0.795. The summed E-state index contributed by atoms with van der Waals surface area (Å²) in [4.78, 5) is 18.1. The lowest BCUT2D eigenvalue weighted by Gasteiger charge is -2.38. The van der Waals surface area contributed by atoms with Gasteiger partial charge in [-0.3, -0.25) is 9.69 Å². The Hall–Kier alpha value is -2.40. The third kappa shape index (κ3) is 3.90. The van der Waals surface area contributed by atoms with Crippen LogP contribution in [-0.4, -0.2) is 28.4 Å². The second-order valence-electron chi connectivity index (χ2n) is 7.89. The van der Waals surface area contributed by atoms with Crippen molar-refractivity contribution in [1.29, 1.82) is 0 Å². The summed E-state index contributed by atoms with van der Waals surface area (Å²) in [5.41, 5.74) is 8.47. The summed E-state index contributed by atoms with van der Waals surface area (Å²) in [5.74, 6) is 0.775. The topological polar surface area (TPSA) is 68.5 Å². The predicted octanol–water partition coefficient (Wildman–Crippen LogP) is 4.61. The molecule has 2 N–H and O–H groups in total. The van der Waals surface area contributed by atoms with E-state index >= 15 is 0 Å². The number of rotatable bonds is 6. The van der Waals surface area contributed by atoms with E-state index in [9.17, 15) is 4.79 Å². The maximum Gasteiger partial charge on any atom is 0.250 e. The molecule has 28 heavy (non-hydrogen) atoms. The van der Waals surface area contributed by atoms with Crippen LogP contribution >= 0.6 is 0 Å². The van der Waals surface area contributed by atoms with Gasteiger partial charge >= 0.3 is 0 Å². The van der Waals surface area contributed by atoms with Crippen LogP contribution in [0.3, 0.4) is 0 Å². The van der Waals surface area contributed by atoms with E-state index in [1.165, 1.54) is 55.8 Å². The Morgan fingerprint density at radius 1 is 1.18 bits per heavy atom. The first-order valence-corrected chi connectivity index (χ1v) is 10.5. The Labute approximate surface area is 166 Å². The second kappa shape index (κ2) is 8.31. The molecule has 2 aliphatic carbocycles. The number of amides is 1. The Kier molecular flexibility index (Phi) is 5.62. The first-order chi connectivity index (χ1) is 13.7. The number of aryl methyl sites for hydroxylation is 1. The summed E-state index contributed by atoms with van der Waals surface area (Å²) < 4.78 is 5.90. The third-order valence-corrected chi connectivity index (χ3v) is 6.21. The molecule has 1 amide bonds. The minimum Gasteiger partial charge on any atom is -0.439 e. The Balaban J connectivity index is 1.49. The van der Waals surface area contributed by atoms with E-state index in [1.807, 2.05) is 6.07 Å². The Morgan fingerprint density at radius 3 is 2.68 bits per heavy atom. The highest BCUT2D eigenvalue weighted by Gasteiger charge is 2.32. The monoisotopic (exact) mass is 379 g/mol. The molecule has 2 aromatic rings. The largest absolute Gasteiger partial charge is 0.439 e. The van der Waals surface area contributed by atoms with Gasteiger partial charge in [0.05, 0.1) is 5.56 Å².